The van der Waals surface area contributed by atoms with E-state index in [4.69, 9.17) is 9.97 Å². The lowest BCUT2D eigenvalue weighted by molar-refractivity contribution is -0.120. The summed E-state index contributed by atoms with van der Waals surface area (Å²) in [7, 11) is 0. The maximum Gasteiger partial charge on any atom is 0.228 e. The lowest BCUT2D eigenvalue weighted by Crippen LogP contribution is -2.47. The smallest absolute Gasteiger partial charge is 0.228 e. The molecule has 0 aliphatic carbocycles. The van der Waals surface area contributed by atoms with Crippen molar-refractivity contribution in [3.63, 3.8) is 0 Å². The molecule has 9 nitrogen and oxygen atoms in total. The Morgan fingerprint density at radius 1 is 0.872 bits per heavy atom. The number of amides is 1. The number of aryl methyl sites for hydroxylation is 1. The summed E-state index contributed by atoms with van der Waals surface area (Å²) in [4.78, 5) is 32.3. The van der Waals surface area contributed by atoms with Gasteiger partial charge in [0.15, 0.2) is 0 Å². The van der Waals surface area contributed by atoms with Crippen LogP contribution in [0.2, 0.25) is 0 Å². The van der Waals surface area contributed by atoms with E-state index in [1.54, 1.807) is 0 Å². The molecular weight excluding hydrogens is 584 g/mol. The van der Waals surface area contributed by atoms with Gasteiger partial charge in [-0.1, -0.05) is 60.2 Å². The third kappa shape index (κ3) is 7.52. The Morgan fingerprint density at radius 2 is 1.66 bits per heavy atom. The number of hydrogen-bond donors (Lipinski definition) is 3. The molecule has 4 heterocycles. The Hall–Kier alpha value is -5.02. The van der Waals surface area contributed by atoms with Crippen LogP contribution in [-0.4, -0.2) is 59.6 Å². The van der Waals surface area contributed by atoms with Crippen LogP contribution in [0, 0.1) is 12.8 Å². The van der Waals surface area contributed by atoms with Gasteiger partial charge < -0.3 is 25.8 Å². The number of carbonyl (C=O) groups is 1. The van der Waals surface area contributed by atoms with Crippen LogP contribution in [0.5, 0.6) is 0 Å². The van der Waals surface area contributed by atoms with E-state index >= 15 is 0 Å². The van der Waals surface area contributed by atoms with Gasteiger partial charge in [0.05, 0.1) is 5.52 Å². The van der Waals surface area contributed by atoms with E-state index in [0.29, 0.717) is 12.6 Å². The molecule has 2 aromatic heterocycles. The molecule has 9 heteroatoms. The van der Waals surface area contributed by atoms with Gasteiger partial charge in [0, 0.05) is 62.0 Å². The molecule has 0 spiro atoms. The molecule has 7 rings (SSSR count). The second-order valence-corrected chi connectivity index (χ2v) is 12.7. The zero-order valence-electron chi connectivity index (χ0n) is 26.9. The zero-order chi connectivity index (χ0) is 32.0. The number of carbonyl (C=O) groups excluding carboxylic acids is 1. The topological polar surface area (TPSA) is 98.3 Å². The number of fused-ring (bicyclic) bond motifs is 1. The standard InChI is InChI=1S/C38H42N8O/c1-27-10-15-34-33(23-27)36(44-38(43-34)46-21-19-45(20-22-46)35-9-5-6-17-40-35)41-26-29-11-13-31(14-12-29)42-37(47)30-16-18-39-32(25-30)24-28-7-3-2-4-8-28/h2-15,17,23,30,32,39H,16,18-22,24-26H2,1H3,(H,42,47)(H,41,43,44). The Bertz CT molecular complexity index is 1790. The number of aromatic nitrogens is 3. The summed E-state index contributed by atoms with van der Waals surface area (Å²) in [6.45, 7) is 6.94. The fraction of sp³-hybridized carbons (Fsp3) is 0.316. The number of anilines is 4. The second-order valence-electron chi connectivity index (χ2n) is 12.7. The molecule has 47 heavy (non-hydrogen) atoms. The van der Waals surface area contributed by atoms with Gasteiger partial charge in [-0.25, -0.2) is 9.97 Å². The first-order valence-corrected chi connectivity index (χ1v) is 16.7. The number of hydrogen-bond acceptors (Lipinski definition) is 8. The van der Waals surface area contributed by atoms with Gasteiger partial charge in [0.2, 0.25) is 11.9 Å². The molecule has 2 aliphatic rings. The highest BCUT2D eigenvalue weighted by Gasteiger charge is 2.27. The molecule has 3 aromatic carbocycles. The number of rotatable bonds is 9. The lowest BCUT2D eigenvalue weighted by atomic mass is 9.88. The highest BCUT2D eigenvalue weighted by atomic mass is 16.1. The van der Waals surface area contributed by atoms with Crippen molar-refractivity contribution in [1.29, 1.82) is 0 Å². The maximum absolute atomic E-state index is 13.2. The highest BCUT2D eigenvalue weighted by molar-refractivity contribution is 5.93. The lowest BCUT2D eigenvalue weighted by Gasteiger charge is -2.35. The SMILES string of the molecule is Cc1ccc2nc(N3CCN(c4ccccn4)CC3)nc(NCc3ccc(NC(=O)C4CCNC(Cc5ccccc5)C4)cc3)c2c1. The zero-order valence-corrected chi connectivity index (χ0v) is 26.9. The van der Waals surface area contributed by atoms with Crippen LogP contribution in [0.25, 0.3) is 10.9 Å². The molecule has 5 aromatic rings. The number of benzene rings is 3. The van der Waals surface area contributed by atoms with Crippen molar-refractivity contribution < 1.29 is 4.79 Å². The predicted octanol–water partition coefficient (Wildman–Crippen LogP) is 5.82. The van der Waals surface area contributed by atoms with Crippen molar-refractivity contribution in [2.24, 2.45) is 5.92 Å². The second kappa shape index (κ2) is 14.2. The Labute approximate surface area is 276 Å². The third-order valence-corrected chi connectivity index (χ3v) is 9.25. The van der Waals surface area contributed by atoms with Crippen LogP contribution in [0.3, 0.4) is 0 Å². The molecule has 2 aliphatic heterocycles. The van der Waals surface area contributed by atoms with E-state index in [-0.39, 0.29) is 11.8 Å². The van der Waals surface area contributed by atoms with Gasteiger partial charge in [0.1, 0.15) is 11.6 Å². The molecular formula is C38H42N8O. The first kappa shape index (κ1) is 30.6. The number of nitrogens with zero attached hydrogens (tertiary/aromatic N) is 5. The highest BCUT2D eigenvalue weighted by Crippen LogP contribution is 2.27. The first-order chi connectivity index (χ1) is 23.1. The van der Waals surface area contributed by atoms with Crippen LogP contribution in [0.4, 0.5) is 23.3 Å². The predicted molar refractivity (Wildman–Crippen MR) is 190 cm³/mol. The molecule has 2 saturated heterocycles. The molecule has 0 saturated carbocycles. The van der Waals surface area contributed by atoms with Gasteiger partial charge in [-0.2, -0.15) is 4.98 Å². The Kier molecular flexibility index (Phi) is 9.24. The van der Waals surface area contributed by atoms with Crippen molar-refractivity contribution in [2.45, 2.75) is 38.8 Å². The van der Waals surface area contributed by atoms with E-state index in [1.165, 1.54) is 11.1 Å². The van der Waals surface area contributed by atoms with Gasteiger partial charge in [-0.15, -0.1) is 0 Å². The molecule has 0 radical (unpaired) electrons. The van der Waals surface area contributed by atoms with Crippen LogP contribution in [-0.2, 0) is 17.8 Å². The number of piperidine rings is 1. The quantitative estimate of drug-likeness (QED) is 0.188. The van der Waals surface area contributed by atoms with Crippen molar-refractivity contribution in [1.82, 2.24) is 20.3 Å². The molecule has 2 atom stereocenters. The fourth-order valence-electron chi connectivity index (χ4n) is 6.62. The molecule has 2 unspecified atom stereocenters. The molecule has 1 amide bonds. The normalized spacial score (nSPS) is 18.2. The van der Waals surface area contributed by atoms with E-state index in [1.807, 2.05) is 36.5 Å². The van der Waals surface area contributed by atoms with Crippen molar-refractivity contribution >= 4 is 40.1 Å². The molecule has 3 N–H and O–H groups in total. The average molecular weight is 627 g/mol. The van der Waals surface area contributed by atoms with Crippen molar-refractivity contribution in [3.8, 4) is 0 Å². The Morgan fingerprint density at radius 3 is 2.45 bits per heavy atom. The minimum atomic E-state index is 0.00739. The van der Waals surface area contributed by atoms with Crippen molar-refractivity contribution in [2.75, 3.05) is 53.2 Å². The van der Waals surface area contributed by atoms with Gasteiger partial charge in [-0.05, 0) is 80.3 Å². The number of pyridine rings is 1. The molecule has 2 fully saturated rings. The van der Waals surface area contributed by atoms with Crippen LogP contribution >= 0.6 is 0 Å². The number of piperazine rings is 1. The average Bonchev–Trinajstić information content (AvgIpc) is 3.12. The summed E-state index contributed by atoms with van der Waals surface area (Å²) >= 11 is 0. The maximum atomic E-state index is 13.2. The summed E-state index contributed by atoms with van der Waals surface area (Å²) in [6.07, 6.45) is 4.48. The minimum absolute atomic E-state index is 0.00739. The summed E-state index contributed by atoms with van der Waals surface area (Å²) < 4.78 is 0. The van der Waals surface area contributed by atoms with E-state index in [2.05, 4.69) is 98.3 Å². The Balaban J connectivity index is 0.978. The summed E-state index contributed by atoms with van der Waals surface area (Å²) in [6, 6.07) is 31.3. The summed E-state index contributed by atoms with van der Waals surface area (Å²) in [5.74, 6) is 2.69. The monoisotopic (exact) mass is 626 g/mol. The van der Waals surface area contributed by atoms with Gasteiger partial charge >= 0.3 is 0 Å². The van der Waals surface area contributed by atoms with Crippen LogP contribution in [0.1, 0.15) is 29.5 Å². The van der Waals surface area contributed by atoms with E-state index in [9.17, 15) is 4.79 Å². The number of nitrogens with one attached hydrogen (secondary N) is 3. The van der Waals surface area contributed by atoms with Crippen LogP contribution in [0.15, 0.2) is 97.2 Å². The van der Waals surface area contributed by atoms with Crippen molar-refractivity contribution in [3.05, 3.63) is 114 Å². The van der Waals surface area contributed by atoms with E-state index in [0.717, 1.165) is 91.7 Å². The minimum Gasteiger partial charge on any atom is -0.365 e. The van der Waals surface area contributed by atoms with E-state index < -0.39 is 0 Å². The molecule has 240 valence electrons. The summed E-state index contributed by atoms with van der Waals surface area (Å²) in [5, 5.41) is 11.4. The summed E-state index contributed by atoms with van der Waals surface area (Å²) in [5.41, 5.74) is 5.33. The van der Waals surface area contributed by atoms with Gasteiger partial charge in [0.25, 0.3) is 0 Å². The largest absolute Gasteiger partial charge is 0.365 e. The fourth-order valence-corrected chi connectivity index (χ4v) is 6.62. The molecule has 0 bridgehead atoms. The first-order valence-electron chi connectivity index (χ1n) is 16.7. The third-order valence-electron chi connectivity index (χ3n) is 9.25. The van der Waals surface area contributed by atoms with Crippen LogP contribution < -0.4 is 25.8 Å². The van der Waals surface area contributed by atoms with Gasteiger partial charge in [-0.3, -0.25) is 4.79 Å².